The first-order chi connectivity index (χ1) is 13.2. The number of carbonyl (C=O) groups excluding carboxylic acids is 1. The van der Waals surface area contributed by atoms with Gasteiger partial charge in [0.2, 0.25) is 5.76 Å². The summed E-state index contributed by atoms with van der Waals surface area (Å²) in [7, 11) is 0. The van der Waals surface area contributed by atoms with Crippen LogP contribution < -0.4 is 10.4 Å². The van der Waals surface area contributed by atoms with Crippen LogP contribution in [-0.4, -0.2) is 5.97 Å². The maximum atomic E-state index is 12.2. The fourth-order valence-corrected chi connectivity index (χ4v) is 3.01. The van der Waals surface area contributed by atoms with Crippen molar-refractivity contribution in [3.05, 3.63) is 88.7 Å². The second kappa shape index (κ2) is 6.96. The van der Waals surface area contributed by atoms with E-state index >= 15 is 0 Å². The van der Waals surface area contributed by atoms with E-state index in [1.165, 1.54) is 18.4 Å². The Bertz CT molecular complexity index is 1150. The molecule has 0 atom stereocenters. The molecule has 0 N–H and O–H groups in total. The molecule has 0 unspecified atom stereocenters. The topological polar surface area (TPSA) is 69.7 Å². The molecule has 2 aromatic heterocycles. The summed E-state index contributed by atoms with van der Waals surface area (Å²) in [4.78, 5) is 24.3. The van der Waals surface area contributed by atoms with Gasteiger partial charge in [-0.05, 0) is 41.3 Å². The van der Waals surface area contributed by atoms with Gasteiger partial charge in [-0.3, -0.25) is 0 Å². The molecular weight excluding hydrogens is 344 g/mol. The zero-order chi connectivity index (χ0) is 18.8. The van der Waals surface area contributed by atoms with Gasteiger partial charge in [-0.2, -0.15) is 0 Å². The van der Waals surface area contributed by atoms with Gasteiger partial charge in [0.15, 0.2) is 0 Å². The minimum atomic E-state index is -0.601. The molecule has 2 heterocycles. The van der Waals surface area contributed by atoms with Crippen molar-refractivity contribution >= 4 is 16.9 Å². The van der Waals surface area contributed by atoms with Crippen LogP contribution in [0.1, 0.15) is 23.0 Å². The summed E-state index contributed by atoms with van der Waals surface area (Å²) in [6.45, 7) is 1.96. The van der Waals surface area contributed by atoms with E-state index in [2.05, 4.69) is 0 Å². The van der Waals surface area contributed by atoms with Crippen LogP contribution in [0.4, 0.5) is 0 Å². The van der Waals surface area contributed by atoms with Crippen LogP contribution >= 0.6 is 0 Å². The molecule has 0 amide bonds. The number of benzene rings is 2. The lowest BCUT2D eigenvalue weighted by molar-refractivity contribution is 0.0700. The Hall–Kier alpha value is -3.60. The highest BCUT2D eigenvalue weighted by atomic mass is 16.5. The van der Waals surface area contributed by atoms with Crippen molar-refractivity contribution in [2.45, 2.75) is 13.3 Å². The molecule has 0 bridgehead atoms. The van der Waals surface area contributed by atoms with Gasteiger partial charge in [-0.15, -0.1) is 0 Å². The van der Waals surface area contributed by atoms with Crippen LogP contribution in [0.5, 0.6) is 5.75 Å². The quantitative estimate of drug-likeness (QED) is 0.296. The number of rotatable bonds is 4. The smallest absolute Gasteiger partial charge is 0.379 e. The molecule has 4 rings (SSSR count). The molecule has 0 spiro atoms. The maximum Gasteiger partial charge on any atom is 0.379 e. The van der Waals surface area contributed by atoms with Crippen molar-refractivity contribution in [2.24, 2.45) is 0 Å². The van der Waals surface area contributed by atoms with E-state index in [9.17, 15) is 9.59 Å². The summed E-state index contributed by atoms with van der Waals surface area (Å²) in [5.74, 6) is -0.146. The number of hydrogen-bond acceptors (Lipinski definition) is 5. The van der Waals surface area contributed by atoms with Gasteiger partial charge < -0.3 is 13.6 Å². The second-order valence-electron chi connectivity index (χ2n) is 6.02. The van der Waals surface area contributed by atoms with E-state index in [0.717, 1.165) is 22.1 Å². The Morgan fingerprint density at radius 1 is 1.04 bits per heavy atom. The van der Waals surface area contributed by atoms with E-state index in [1.807, 2.05) is 43.3 Å². The summed E-state index contributed by atoms with van der Waals surface area (Å²) < 4.78 is 15.9. The molecule has 5 heteroatoms. The Morgan fingerprint density at radius 2 is 1.85 bits per heavy atom. The number of hydrogen-bond donors (Lipinski definition) is 0. The Labute approximate surface area is 154 Å². The van der Waals surface area contributed by atoms with Crippen LogP contribution in [0, 0.1) is 0 Å². The molecule has 2 aromatic carbocycles. The molecule has 0 radical (unpaired) electrons. The number of carbonyl (C=O) groups is 1. The fraction of sp³-hybridized carbons (Fsp3) is 0.0909. The van der Waals surface area contributed by atoms with Crippen molar-refractivity contribution in [3.8, 4) is 16.9 Å². The number of furan rings is 1. The third-order valence-corrected chi connectivity index (χ3v) is 4.32. The summed E-state index contributed by atoms with van der Waals surface area (Å²) in [5.41, 5.74) is 2.42. The minimum Gasteiger partial charge on any atom is -0.457 e. The Morgan fingerprint density at radius 3 is 2.56 bits per heavy atom. The van der Waals surface area contributed by atoms with Crippen LogP contribution in [0.3, 0.4) is 0 Å². The summed E-state index contributed by atoms with van der Waals surface area (Å²) in [6.07, 6.45) is 2.05. The Balaban J connectivity index is 1.86. The van der Waals surface area contributed by atoms with Crippen molar-refractivity contribution in [2.75, 3.05) is 0 Å². The zero-order valence-corrected chi connectivity index (χ0v) is 14.6. The molecule has 5 nitrogen and oxygen atoms in total. The normalized spacial score (nSPS) is 10.9. The van der Waals surface area contributed by atoms with Crippen LogP contribution in [0.15, 0.2) is 80.6 Å². The lowest BCUT2D eigenvalue weighted by Gasteiger charge is -2.12. The predicted octanol–water partition coefficient (Wildman–Crippen LogP) is 4.83. The highest BCUT2D eigenvalue weighted by Crippen LogP contribution is 2.33. The fourth-order valence-electron chi connectivity index (χ4n) is 3.01. The number of fused-ring (bicyclic) bond motifs is 1. The molecular formula is C22H16O5. The van der Waals surface area contributed by atoms with E-state index in [4.69, 9.17) is 13.6 Å². The van der Waals surface area contributed by atoms with Gasteiger partial charge in [0, 0.05) is 17.5 Å². The van der Waals surface area contributed by atoms with E-state index < -0.39 is 11.6 Å². The van der Waals surface area contributed by atoms with Crippen LogP contribution in [0.2, 0.25) is 0 Å². The minimum absolute atomic E-state index is 0.108. The van der Waals surface area contributed by atoms with Gasteiger partial charge in [0.05, 0.1) is 6.26 Å². The van der Waals surface area contributed by atoms with Crippen molar-refractivity contribution in [1.29, 1.82) is 0 Å². The predicted molar refractivity (Wildman–Crippen MR) is 101 cm³/mol. The highest BCUT2D eigenvalue weighted by Gasteiger charge is 2.17. The first kappa shape index (κ1) is 16.8. The first-order valence-electron chi connectivity index (χ1n) is 8.57. The molecule has 0 saturated heterocycles. The molecule has 0 aliphatic carbocycles. The second-order valence-corrected chi connectivity index (χ2v) is 6.02. The van der Waals surface area contributed by atoms with Gasteiger partial charge in [-0.1, -0.05) is 37.3 Å². The van der Waals surface area contributed by atoms with E-state index in [1.54, 1.807) is 12.1 Å². The monoisotopic (exact) mass is 360 g/mol. The van der Waals surface area contributed by atoms with E-state index in [-0.39, 0.29) is 5.76 Å². The van der Waals surface area contributed by atoms with Gasteiger partial charge >= 0.3 is 11.6 Å². The van der Waals surface area contributed by atoms with Crippen molar-refractivity contribution in [3.63, 3.8) is 0 Å². The average Bonchev–Trinajstić information content (AvgIpc) is 3.22. The number of aryl methyl sites for hydroxylation is 1. The number of ether oxygens (including phenoxy) is 1. The molecule has 27 heavy (non-hydrogen) atoms. The molecule has 0 fully saturated rings. The molecule has 0 aliphatic rings. The highest BCUT2D eigenvalue weighted by molar-refractivity contribution is 5.95. The third-order valence-electron chi connectivity index (χ3n) is 4.32. The maximum absolute atomic E-state index is 12.2. The van der Waals surface area contributed by atoms with Gasteiger partial charge in [-0.25, -0.2) is 9.59 Å². The third kappa shape index (κ3) is 3.27. The molecule has 134 valence electrons. The van der Waals surface area contributed by atoms with Gasteiger partial charge in [0.25, 0.3) is 0 Å². The van der Waals surface area contributed by atoms with E-state index in [0.29, 0.717) is 17.8 Å². The summed E-state index contributed by atoms with van der Waals surface area (Å²) in [6, 6.07) is 17.7. The molecule has 0 saturated carbocycles. The van der Waals surface area contributed by atoms with Crippen molar-refractivity contribution < 1.29 is 18.4 Å². The summed E-state index contributed by atoms with van der Waals surface area (Å²) >= 11 is 0. The number of esters is 1. The van der Waals surface area contributed by atoms with Gasteiger partial charge in [0.1, 0.15) is 11.3 Å². The van der Waals surface area contributed by atoms with Crippen molar-refractivity contribution in [1.82, 2.24) is 0 Å². The zero-order valence-electron chi connectivity index (χ0n) is 14.6. The average molecular weight is 360 g/mol. The van der Waals surface area contributed by atoms with Crippen LogP contribution in [-0.2, 0) is 6.42 Å². The lowest BCUT2D eigenvalue weighted by Crippen LogP contribution is -2.09. The first-order valence-corrected chi connectivity index (χ1v) is 8.57. The summed E-state index contributed by atoms with van der Waals surface area (Å²) in [5, 5.41) is 0.787. The molecule has 4 aromatic rings. The SMILES string of the molecule is CCc1cc2c(-c3ccccc3)cc(=O)oc2cc1OC(=O)c1ccco1. The largest absolute Gasteiger partial charge is 0.457 e. The lowest BCUT2D eigenvalue weighted by atomic mass is 9.99. The van der Waals surface area contributed by atoms with Crippen LogP contribution in [0.25, 0.3) is 22.1 Å². The Kier molecular flexibility index (Phi) is 4.34. The molecule has 0 aliphatic heterocycles. The standard InChI is InChI=1S/C22H16O5/c1-2-14-11-17-16(15-7-4-3-5-8-15)12-21(23)26-20(17)13-19(14)27-22(24)18-9-6-10-25-18/h3-13H,2H2,1H3.